The predicted molar refractivity (Wildman–Crippen MR) is 48.7 cm³/mol. The van der Waals surface area contributed by atoms with Crippen LogP contribution in [0, 0.1) is 11.8 Å². The first kappa shape index (κ1) is 13.5. The average molecular weight is 312 g/mol. The molecule has 13 heavy (non-hydrogen) atoms. The van der Waals surface area contributed by atoms with Crippen LogP contribution < -0.4 is 0 Å². The van der Waals surface area contributed by atoms with Crippen LogP contribution in [0.2, 0.25) is 0 Å². The van der Waals surface area contributed by atoms with Crippen LogP contribution in [0.25, 0.3) is 0 Å². The summed E-state index contributed by atoms with van der Waals surface area (Å²) in [4.78, 5) is 21.2. The molecule has 2 N–H and O–H groups in total. The first-order chi connectivity index (χ1) is 5.63. The number of carbonyl (C=O) groups is 2. The van der Waals surface area contributed by atoms with Crippen molar-refractivity contribution in [3.8, 4) is 0 Å². The summed E-state index contributed by atoms with van der Waals surface area (Å²) in [5, 5.41) is 17.4. The molecular formula is C8H14BaO4. The molecule has 2 atom stereocenters. The van der Waals surface area contributed by atoms with Crippen molar-refractivity contribution in [2.45, 2.75) is 25.7 Å². The van der Waals surface area contributed by atoms with Gasteiger partial charge < -0.3 is 13.1 Å². The summed E-state index contributed by atoms with van der Waals surface area (Å²) in [7, 11) is 0. The van der Waals surface area contributed by atoms with E-state index < -0.39 is 23.8 Å². The first-order valence-electron chi connectivity index (χ1n) is 4.08. The number of hydrogen-bond donors (Lipinski definition) is 2. The zero-order valence-electron chi connectivity index (χ0n) is 9.40. The molecule has 0 radical (unpaired) electrons. The van der Waals surface area contributed by atoms with Gasteiger partial charge in [0.1, 0.15) is 0 Å². The van der Waals surface area contributed by atoms with Gasteiger partial charge in [0.25, 0.3) is 0 Å². The van der Waals surface area contributed by atoms with Crippen LogP contribution in [0.3, 0.4) is 0 Å². The molecule has 4 nitrogen and oxygen atoms in total. The van der Waals surface area contributed by atoms with Crippen molar-refractivity contribution in [1.82, 2.24) is 0 Å². The van der Waals surface area contributed by atoms with Crippen molar-refractivity contribution in [2.24, 2.45) is 11.8 Å². The second-order valence-corrected chi connectivity index (χ2v) is 3.17. The zero-order valence-corrected chi connectivity index (χ0v) is 11.8. The van der Waals surface area contributed by atoms with Gasteiger partial charge in [-0.2, -0.15) is 0 Å². The van der Waals surface area contributed by atoms with Crippen LogP contribution in [0.15, 0.2) is 0 Å². The molecule has 0 aliphatic heterocycles. The van der Waals surface area contributed by atoms with E-state index in [4.69, 9.17) is 10.2 Å². The molecular weight excluding hydrogens is 297 g/mol. The minimum Gasteiger partial charge on any atom is -1.00 e. The third kappa shape index (κ3) is 3.63. The van der Waals surface area contributed by atoms with E-state index in [0.717, 1.165) is 12.8 Å². The van der Waals surface area contributed by atoms with Crippen LogP contribution in [-0.2, 0) is 9.59 Å². The molecule has 0 aromatic carbocycles. The number of aliphatic carboxylic acids is 2. The van der Waals surface area contributed by atoms with Gasteiger partial charge in [0, 0.05) is 0 Å². The van der Waals surface area contributed by atoms with E-state index in [1.807, 2.05) is 0 Å². The van der Waals surface area contributed by atoms with E-state index in [0.29, 0.717) is 12.8 Å². The molecule has 1 rings (SSSR count). The predicted octanol–water partition coefficient (Wildman–Crippen LogP) is 0.806. The van der Waals surface area contributed by atoms with Crippen molar-refractivity contribution < 1.29 is 22.7 Å². The van der Waals surface area contributed by atoms with E-state index in [1.54, 1.807) is 0 Å². The fourth-order valence-electron chi connectivity index (χ4n) is 1.72. The molecule has 1 saturated carbocycles. The molecule has 1 aliphatic rings. The third-order valence-corrected chi connectivity index (χ3v) is 2.40. The molecule has 0 bridgehead atoms. The van der Waals surface area contributed by atoms with E-state index >= 15 is 0 Å². The van der Waals surface area contributed by atoms with Crippen molar-refractivity contribution >= 4 is 60.8 Å². The van der Waals surface area contributed by atoms with E-state index in [-0.39, 0.29) is 51.7 Å². The van der Waals surface area contributed by atoms with E-state index in [1.165, 1.54) is 0 Å². The minimum atomic E-state index is -0.970. The average Bonchev–Trinajstić information content (AvgIpc) is 2.04. The van der Waals surface area contributed by atoms with Gasteiger partial charge in [-0.1, -0.05) is 12.8 Å². The summed E-state index contributed by atoms with van der Waals surface area (Å²) in [6, 6.07) is 0. The summed E-state index contributed by atoms with van der Waals surface area (Å²) >= 11 is 0. The number of carboxylic acid groups (broad SMARTS) is 2. The normalized spacial score (nSPS) is 27.4. The second kappa shape index (κ2) is 6.08. The summed E-state index contributed by atoms with van der Waals surface area (Å²) < 4.78 is 0. The van der Waals surface area contributed by atoms with Crippen LogP contribution in [0.1, 0.15) is 28.5 Å². The molecule has 0 aromatic heterocycles. The molecule has 5 heteroatoms. The largest absolute Gasteiger partial charge is 2.00 e. The van der Waals surface area contributed by atoms with Gasteiger partial charge in [-0.15, -0.1) is 0 Å². The molecule has 1 fully saturated rings. The molecule has 0 aromatic rings. The van der Waals surface area contributed by atoms with Gasteiger partial charge in [0.15, 0.2) is 0 Å². The Hall–Kier alpha value is 0.511. The first-order valence-corrected chi connectivity index (χ1v) is 4.08. The van der Waals surface area contributed by atoms with Crippen LogP contribution in [0.5, 0.6) is 0 Å². The summed E-state index contributed by atoms with van der Waals surface area (Å²) in [5.41, 5.74) is 0. The Morgan fingerprint density at radius 1 is 1.00 bits per heavy atom. The SMILES string of the molecule is O=C(O)C1CCCCC1C(=O)O.[Ba+2].[H-].[H-]. The molecule has 0 heterocycles. The maximum absolute atomic E-state index is 10.6. The second-order valence-electron chi connectivity index (χ2n) is 3.17. The van der Waals surface area contributed by atoms with Crippen LogP contribution in [-0.4, -0.2) is 71.0 Å². The van der Waals surface area contributed by atoms with Crippen LogP contribution >= 0.6 is 0 Å². The van der Waals surface area contributed by atoms with Gasteiger partial charge in [-0.25, -0.2) is 0 Å². The minimum absolute atomic E-state index is 0. The van der Waals surface area contributed by atoms with Crippen molar-refractivity contribution in [1.29, 1.82) is 0 Å². The monoisotopic (exact) mass is 312 g/mol. The van der Waals surface area contributed by atoms with Crippen molar-refractivity contribution in [2.75, 3.05) is 0 Å². The number of rotatable bonds is 2. The summed E-state index contributed by atoms with van der Waals surface area (Å²) in [6.45, 7) is 0. The quantitative estimate of drug-likeness (QED) is 0.740. The fraction of sp³-hybridized carbons (Fsp3) is 0.750. The third-order valence-electron chi connectivity index (χ3n) is 2.40. The Labute approximate surface area is 120 Å². The molecule has 0 amide bonds. The van der Waals surface area contributed by atoms with Gasteiger partial charge in [0.2, 0.25) is 0 Å². The Kier molecular flexibility index (Phi) is 6.32. The van der Waals surface area contributed by atoms with Crippen molar-refractivity contribution in [3.63, 3.8) is 0 Å². The standard InChI is InChI=1S/C8H12O4.Ba.2H/c9-7(10)5-3-1-2-4-6(5)8(11)12;;;/h5-6H,1-4H2,(H,9,10)(H,11,12);;;/q;+2;2*-1. The molecule has 2 unspecified atom stereocenters. The van der Waals surface area contributed by atoms with Gasteiger partial charge in [-0.05, 0) is 12.8 Å². The Morgan fingerprint density at radius 2 is 1.31 bits per heavy atom. The molecule has 1 aliphatic carbocycles. The van der Waals surface area contributed by atoms with E-state index in [9.17, 15) is 9.59 Å². The molecule has 72 valence electrons. The topological polar surface area (TPSA) is 74.6 Å². The number of hydrogen-bond acceptors (Lipinski definition) is 2. The fourth-order valence-corrected chi connectivity index (χ4v) is 1.72. The molecule has 0 spiro atoms. The Balaban J connectivity index is -0.000000480. The zero-order chi connectivity index (χ0) is 9.14. The van der Waals surface area contributed by atoms with Gasteiger partial charge >= 0.3 is 60.8 Å². The maximum Gasteiger partial charge on any atom is 2.00 e. The van der Waals surface area contributed by atoms with Crippen LogP contribution in [0.4, 0.5) is 0 Å². The summed E-state index contributed by atoms with van der Waals surface area (Å²) in [6.07, 6.45) is 2.68. The van der Waals surface area contributed by atoms with E-state index in [2.05, 4.69) is 0 Å². The maximum atomic E-state index is 10.6. The molecule has 0 saturated heterocycles. The van der Waals surface area contributed by atoms with Gasteiger partial charge in [-0.3, -0.25) is 9.59 Å². The Morgan fingerprint density at radius 3 is 1.54 bits per heavy atom. The smallest absolute Gasteiger partial charge is 1.00 e. The number of carboxylic acids is 2. The summed E-state index contributed by atoms with van der Waals surface area (Å²) in [5.74, 6) is -3.28. The Bertz CT molecular complexity index is 191. The van der Waals surface area contributed by atoms with Crippen molar-refractivity contribution in [3.05, 3.63) is 0 Å². The van der Waals surface area contributed by atoms with Gasteiger partial charge in [0.05, 0.1) is 11.8 Å².